The van der Waals surface area contributed by atoms with Crippen LogP contribution >= 0.6 is 0 Å². The third-order valence-corrected chi connectivity index (χ3v) is 3.39. The van der Waals surface area contributed by atoms with Gasteiger partial charge < -0.3 is 20.1 Å². The first-order chi connectivity index (χ1) is 9.20. The maximum absolute atomic E-state index is 10.5. The Hall–Kier alpha value is -1.75. The van der Waals surface area contributed by atoms with Crippen molar-refractivity contribution in [1.82, 2.24) is 5.32 Å². The molecule has 0 amide bonds. The Morgan fingerprint density at radius 2 is 2.32 bits per heavy atom. The van der Waals surface area contributed by atoms with Gasteiger partial charge >= 0.3 is 5.97 Å². The minimum atomic E-state index is -0.757. The summed E-state index contributed by atoms with van der Waals surface area (Å²) in [6.45, 7) is 2.38. The van der Waals surface area contributed by atoms with Crippen LogP contribution in [0.1, 0.15) is 12.8 Å². The van der Waals surface area contributed by atoms with Gasteiger partial charge in [0.2, 0.25) is 0 Å². The maximum atomic E-state index is 10.5. The summed E-state index contributed by atoms with van der Waals surface area (Å²) in [5, 5.41) is 11.9. The molecule has 2 rings (SSSR count). The average Bonchev–Trinajstić information content (AvgIpc) is 2.87. The third kappa shape index (κ3) is 3.61. The number of anilines is 1. The number of hydrogen-bond donors (Lipinski definition) is 2. The monoisotopic (exact) mass is 264 g/mol. The van der Waals surface area contributed by atoms with E-state index in [1.165, 1.54) is 0 Å². The summed E-state index contributed by atoms with van der Waals surface area (Å²) < 4.78 is 5.37. The van der Waals surface area contributed by atoms with Gasteiger partial charge in [-0.1, -0.05) is 12.1 Å². The van der Waals surface area contributed by atoms with Crippen molar-refractivity contribution in [2.45, 2.75) is 18.9 Å². The number of benzene rings is 1. The van der Waals surface area contributed by atoms with Crippen molar-refractivity contribution in [1.29, 1.82) is 0 Å². The fourth-order valence-corrected chi connectivity index (χ4v) is 2.42. The highest BCUT2D eigenvalue weighted by Crippen LogP contribution is 2.30. The molecule has 1 aliphatic heterocycles. The molecule has 1 fully saturated rings. The first-order valence-electron chi connectivity index (χ1n) is 6.54. The number of methoxy groups -OCH3 is 1. The minimum absolute atomic E-state index is 0.172. The smallest absolute Gasteiger partial charge is 0.304 e. The number of carboxylic acid groups (broad SMARTS) is 1. The Bertz CT molecular complexity index is 436. The van der Waals surface area contributed by atoms with Crippen LogP contribution in [-0.2, 0) is 4.79 Å². The van der Waals surface area contributed by atoms with E-state index < -0.39 is 5.97 Å². The Morgan fingerprint density at radius 1 is 1.53 bits per heavy atom. The topological polar surface area (TPSA) is 61.8 Å². The molecule has 0 spiro atoms. The Labute approximate surface area is 113 Å². The second-order valence-electron chi connectivity index (χ2n) is 4.70. The van der Waals surface area contributed by atoms with Gasteiger partial charge in [0.15, 0.2) is 0 Å². The van der Waals surface area contributed by atoms with Crippen molar-refractivity contribution in [3.8, 4) is 5.75 Å². The number of nitrogens with zero attached hydrogens (tertiary/aromatic N) is 1. The van der Waals surface area contributed by atoms with Gasteiger partial charge in [0, 0.05) is 25.7 Å². The lowest BCUT2D eigenvalue weighted by Gasteiger charge is -2.21. The van der Waals surface area contributed by atoms with Crippen molar-refractivity contribution in [2.24, 2.45) is 0 Å². The summed E-state index contributed by atoms with van der Waals surface area (Å²) in [6.07, 6.45) is 1.20. The van der Waals surface area contributed by atoms with Crippen LogP contribution in [-0.4, -0.2) is 43.9 Å². The van der Waals surface area contributed by atoms with E-state index >= 15 is 0 Å². The molecule has 5 heteroatoms. The number of aliphatic carboxylic acids is 1. The standard InChI is InChI=1S/C14H20N2O3/c1-19-13-5-3-2-4-12(13)16-9-7-11(10-16)15-8-6-14(17)18/h2-5,11,15H,6-10H2,1H3,(H,17,18). The molecule has 5 nitrogen and oxygen atoms in total. The summed E-state index contributed by atoms with van der Waals surface area (Å²) >= 11 is 0. The van der Waals surface area contributed by atoms with Gasteiger partial charge in [-0.2, -0.15) is 0 Å². The molecule has 1 atom stereocenters. The average molecular weight is 264 g/mol. The van der Waals surface area contributed by atoms with Crippen LogP contribution in [0.4, 0.5) is 5.69 Å². The van der Waals surface area contributed by atoms with Crippen LogP contribution < -0.4 is 15.0 Å². The molecular weight excluding hydrogens is 244 g/mol. The van der Waals surface area contributed by atoms with Gasteiger partial charge in [-0.25, -0.2) is 0 Å². The van der Waals surface area contributed by atoms with Gasteiger partial charge in [-0.3, -0.25) is 4.79 Å². The first kappa shape index (κ1) is 13.7. The number of para-hydroxylation sites is 2. The normalized spacial score (nSPS) is 18.6. The molecule has 0 saturated carbocycles. The van der Waals surface area contributed by atoms with Crippen LogP contribution in [0.5, 0.6) is 5.75 Å². The fraction of sp³-hybridized carbons (Fsp3) is 0.500. The molecule has 104 valence electrons. The Kier molecular flexibility index (Phi) is 4.63. The molecule has 2 N–H and O–H groups in total. The SMILES string of the molecule is COc1ccccc1N1CCC(NCCC(=O)O)C1. The lowest BCUT2D eigenvalue weighted by molar-refractivity contribution is -0.136. The molecule has 1 aromatic carbocycles. The molecule has 19 heavy (non-hydrogen) atoms. The van der Waals surface area contributed by atoms with E-state index in [1.807, 2.05) is 18.2 Å². The molecule has 0 aromatic heterocycles. The molecule has 1 aliphatic rings. The minimum Gasteiger partial charge on any atom is -0.495 e. The van der Waals surface area contributed by atoms with Gasteiger partial charge in [0.05, 0.1) is 19.2 Å². The van der Waals surface area contributed by atoms with Crippen LogP contribution in [0.2, 0.25) is 0 Å². The molecule has 0 radical (unpaired) electrons. The van der Waals surface area contributed by atoms with Crippen LogP contribution in [0.15, 0.2) is 24.3 Å². The van der Waals surface area contributed by atoms with Gasteiger partial charge in [0.1, 0.15) is 5.75 Å². The van der Waals surface area contributed by atoms with Gasteiger partial charge in [0.25, 0.3) is 0 Å². The predicted molar refractivity (Wildman–Crippen MR) is 73.9 cm³/mol. The highest BCUT2D eigenvalue weighted by Gasteiger charge is 2.23. The number of hydrogen-bond acceptors (Lipinski definition) is 4. The van der Waals surface area contributed by atoms with Crippen molar-refractivity contribution in [2.75, 3.05) is 31.6 Å². The quantitative estimate of drug-likeness (QED) is 0.812. The zero-order chi connectivity index (χ0) is 13.7. The summed E-state index contributed by atoms with van der Waals surface area (Å²) in [5.41, 5.74) is 1.10. The van der Waals surface area contributed by atoms with Gasteiger partial charge in [-0.05, 0) is 18.6 Å². The number of nitrogens with one attached hydrogen (secondary N) is 1. The highest BCUT2D eigenvalue weighted by atomic mass is 16.5. The molecule has 1 saturated heterocycles. The van der Waals surface area contributed by atoms with E-state index in [9.17, 15) is 4.79 Å². The number of ether oxygens (including phenoxy) is 1. The van der Waals surface area contributed by atoms with Crippen molar-refractivity contribution >= 4 is 11.7 Å². The van der Waals surface area contributed by atoms with E-state index in [2.05, 4.69) is 16.3 Å². The van der Waals surface area contributed by atoms with E-state index in [-0.39, 0.29) is 6.42 Å². The second-order valence-corrected chi connectivity index (χ2v) is 4.70. The Balaban J connectivity index is 1.89. The van der Waals surface area contributed by atoms with E-state index in [0.29, 0.717) is 12.6 Å². The zero-order valence-electron chi connectivity index (χ0n) is 11.1. The van der Waals surface area contributed by atoms with Crippen LogP contribution in [0.25, 0.3) is 0 Å². The largest absolute Gasteiger partial charge is 0.495 e. The first-order valence-corrected chi connectivity index (χ1v) is 6.54. The highest BCUT2D eigenvalue weighted by molar-refractivity contribution is 5.66. The Morgan fingerprint density at radius 3 is 3.05 bits per heavy atom. The predicted octanol–water partition coefficient (Wildman–Crippen LogP) is 1.34. The molecule has 0 bridgehead atoms. The number of carbonyl (C=O) groups is 1. The van der Waals surface area contributed by atoms with Crippen molar-refractivity contribution < 1.29 is 14.6 Å². The number of carboxylic acids is 1. The molecule has 1 unspecified atom stereocenters. The van der Waals surface area contributed by atoms with E-state index in [1.54, 1.807) is 7.11 Å². The summed E-state index contributed by atoms with van der Waals surface area (Å²) in [4.78, 5) is 12.8. The van der Waals surface area contributed by atoms with Crippen molar-refractivity contribution in [3.05, 3.63) is 24.3 Å². The summed E-state index contributed by atoms with van der Waals surface area (Å²) in [7, 11) is 1.68. The van der Waals surface area contributed by atoms with Crippen LogP contribution in [0.3, 0.4) is 0 Å². The lowest BCUT2D eigenvalue weighted by Crippen LogP contribution is -2.34. The zero-order valence-corrected chi connectivity index (χ0v) is 11.1. The van der Waals surface area contributed by atoms with Gasteiger partial charge in [-0.15, -0.1) is 0 Å². The number of rotatable bonds is 6. The maximum Gasteiger partial charge on any atom is 0.304 e. The summed E-state index contributed by atoms with van der Waals surface area (Å²) in [6, 6.07) is 8.33. The molecule has 0 aliphatic carbocycles. The second kappa shape index (κ2) is 6.43. The molecule has 1 aromatic rings. The molecular formula is C14H20N2O3. The van der Waals surface area contributed by atoms with E-state index in [0.717, 1.165) is 30.9 Å². The van der Waals surface area contributed by atoms with Crippen molar-refractivity contribution in [3.63, 3.8) is 0 Å². The van der Waals surface area contributed by atoms with E-state index in [4.69, 9.17) is 9.84 Å². The fourth-order valence-electron chi connectivity index (χ4n) is 2.42. The lowest BCUT2D eigenvalue weighted by atomic mass is 10.2. The molecule has 1 heterocycles. The van der Waals surface area contributed by atoms with Crippen LogP contribution in [0, 0.1) is 0 Å². The summed E-state index contributed by atoms with van der Waals surface area (Å²) in [5.74, 6) is 0.126. The third-order valence-electron chi connectivity index (χ3n) is 3.39.